The molecule has 0 saturated heterocycles. The number of rotatable bonds is 5. The second-order valence-corrected chi connectivity index (χ2v) is 5.06. The molecule has 0 aliphatic heterocycles. The second-order valence-electron chi connectivity index (χ2n) is 3.98. The van der Waals surface area contributed by atoms with Gasteiger partial charge in [0.2, 0.25) is 0 Å². The fourth-order valence-corrected chi connectivity index (χ4v) is 2.15. The molecule has 0 amide bonds. The summed E-state index contributed by atoms with van der Waals surface area (Å²) in [6.45, 7) is 2.90. The van der Waals surface area contributed by atoms with Crippen LogP contribution in [-0.2, 0) is 6.54 Å². The molecule has 0 radical (unpaired) electrons. The average Bonchev–Trinajstić information content (AvgIpc) is 2.45. The molecule has 0 atom stereocenters. The molecule has 1 aromatic heterocycles. The van der Waals surface area contributed by atoms with Crippen molar-refractivity contribution in [3.8, 4) is 5.75 Å². The molecule has 4 N–H and O–H groups in total. The smallest absolute Gasteiger partial charge is 0.266 e. The fourth-order valence-electron chi connectivity index (χ4n) is 1.72. The minimum absolute atomic E-state index is 0.173. The van der Waals surface area contributed by atoms with E-state index in [2.05, 4.69) is 15.3 Å². The third-order valence-corrected chi connectivity index (χ3v) is 3.64. The molecule has 7 heteroatoms. The summed E-state index contributed by atoms with van der Waals surface area (Å²) >= 11 is 1.95. The molecule has 106 valence electrons. The zero-order chi connectivity index (χ0) is 14.5. The molecule has 0 bridgehead atoms. The van der Waals surface area contributed by atoms with Crippen LogP contribution in [0.2, 0.25) is 0 Å². The number of anilines is 2. The summed E-state index contributed by atoms with van der Waals surface area (Å²) in [5.41, 5.74) is 7.25. The Morgan fingerprint density at radius 1 is 1.50 bits per heavy atom. The zero-order valence-electron chi connectivity index (χ0n) is 10.9. The van der Waals surface area contributed by atoms with Crippen molar-refractivity contribution in [3.05, 3.63) is 44.0 Å². The molecule has 0 fully saturated rings. The molecule has 0 aliphatic carbocycles. The second kappa shape index (κ2) is 6.71. The molecular formula is C13H15IN4O2. The molecule has 2 aromatic rings. The van der Waals surface area contributed by atoms with Crippen molar-refractivity contribution in [3.63, 3.8) is 0 Å². The predicted molar refractivity (Wildman–Crippen MR) is 86.4 cm³/mol. The van der Waals surface area contributed by atoms with Crippen molar-refractivity contribution in [1.29, 1.82) is 0 Å². The Kier molecular flexibility index (Phi) is 4.96. The summed E-state index contributed by atoms with van der Waals surface area (Å²) in [4.78, 5) is 18.1. The van der Waals surface area contributed by atoms with E-state index in [-0.39, 0.29) is 5.56 Å². The van der Waals surface area contributed by atoms with Crippen molar-refractivity contribution >= 4 is 34.1 Å². The van der Waals surface area contributed by atoms with Crippen molar-refractivity contribution in [2.24, 2.45) is 5.73 Å². The number of aromatic nitrogens is 2. The van der Waals surface area contributed by atoms with Crippen LogP contribution < -0.4 is 21.3 Å². The van der Waals surface area contributed by atoms with Crippen molar-refractivity contribution in [2.75, 3.05) is 11.9 Å². The Morgan fingerprint density at radius 2 is 2.30 bits per heavy atom. The van der Waals surface area contributed by atoms with Crippen molar-refractivity contribution in [2.45, 2.75) is 13.5 Å². The van der Waals surface area contributed by atoms with Crippen LogP contribution in [-0.4, -0.2) is 16.6 Å². The number of hydrogen-bond donors (Lipinski definition) is 3. The monoisotopic (exact) mass is 386 g/mol. The molecule has 0 spiro atoms. The number of hydrogen-bond acceptors (Lipinski definition) is 5. The van der Waals surface area contributed by atoms with Gasteiger partial charge in [-0.05, 0) is 47.7 Å². The van der Waals surface area contributed by atoms with Gasteiger partial charge in [0.25, 0.3) is 5.56 Å². The average molecular weight is 386 g/mol. The van der Waals surface area contributed by atoms with Crippen molar-refractivity contribution < 1.29 is 4.74 Å². The Bertz CT molecular complexity index is 657. The minimum Gasteiger partial charge on any atom is -0.494 e. The first-order chi connectivity index (χ1) is 9.65. The Hall–Kier alpha value is -1.61. The van der Waals surface area contributed by atoms with E-state index in [0.29, 0.717) is 22.5 Å². The Balaban J connectivity index is 2.30. The van der Waals surface area contributed by atoms with E-state index in [4.69, 9.17) is 10.5 Å². The van der Waals surface area contributed by atoms with Crippen LogP contribution >= 0.6 is 22.6 Å². The first kappa shape index (κ1) is 14.8. The number of ether oxygens (including phenoxy) is 1. The SMILES string of the molecule is CCOc1ccc(Nc2nc[nH]c(=O)c2I)cc1CN. The van der Waals surface area contributed by atoms with Crippen LogP contribution in [0.5, 0.6) is 5.75 Å². The number of nitrogens with one attached hydrogen (secondary N) is 2. The maximum absolute atomic E-state index is 11.5. The van der Waals surface area contributed by atoms with E-state index in [1.807, 2.05) is 47.7 Å². The lowest BCUT2D eigenvalue weighted by atomic mass is 10.1. The maximum Gasteiger partial charge on any atom is 0.266 e. The van der Waals surface area contributed by atoms with Gasteiger partial charge < -0.3 is 20.8 Å². The van der Waals surface area contributed by atoms with E-state index >= 15 is 0 Å². The van der Waals surface area contributed by atoms with Gasteiger partial charge in [-0.2, -0.15) is 0 Å². The van der Waals surface area contributed by atoms with Crippen LogP contribution in [0.15, 0.2) is 29.3 Å². The molecule has 0 saturated carbocycles. The third-order valence-electron chi connectivity index (χ3n) is 2.64. The van der Waals surface area contributed by atoms with Gasteiger partial charge in [-0.25, -0.2) is 4.98 Å². The lowest BCUT2D eigenvalue weighted by molar-refractivity contribution is 0.336. The lowest BCUT2D eigenvalue weighted by Gasteiger charge is -2.12. The van der Waals surface area contributed by atoms with Crippen LogP contribution in [0.1, 0.15) is 12.5 Å². The summed E-state index contributed by atoms with van der Waals surface area (Å²) in [5.74, 6) is 1.29. The normalized spacial score (nSPS) is 10.3. The number of nitrogens with zero attached hydrogens (tertiary/aromatic N) is 1. The van der Waals surface area contributed by atoms with Gasteiger partial charge in [0.05, 0.1) is 12.9 Å². The Labute approximate surface area is 129 Å². The fraction of sp³-hybridized carbons (Fsp3) is 0.231. The van der Waals surface area contributed by atoms with Gasteiger partial charge in [0.1, 0.15) is 9.32 Å². The van der Waals surface area contributed by atoms with E-state index < -0.39 is 0 Å². The first-order valence-corrected chi connectivity index (χ1v) is 7.19. The number of nitrogens with two attached hydrogens (primary N) is 1. The van der Waals surface area contributed by atoms with Gasteiger partial charge in [-0.3, -0.25) is 4.79 Å². The molecule has 6 nitrogen and oxygen atoms in total. The van der Waals surface area contributed by atoms with Gasteiger partial charge in [0, 0.05) is 17.8 Å². The molecule has 0 aliphatic rings. The van der Waals surface area contributed by atoms with E-state index in [0.717, 1.165) is 17.0 Å². The third kappa shape index (κ3) is 3.28. The summed E-state index contributed by atoms with van der Waals surface area (Å²) in [5, 5.41) is 3.11. The highest BCUT2D eigenvalue weighted by atomic mass is 127. The summed E-state index contributed by atoms with van der Waals surface area (Å²) in [7, 11) is 0. The van der Waals surface area contributed by atoms with Crippen LogP contribution in [0.4, 0.5) is 11.5 Å². The summed E-state index contributed by atoms with van der Waals surface area (Å²) < 4.78 is 6.00. The molecule has 2 rings (SSSR count). The Morgan fingerprint density at radius 3 is 3.00 bits per heavy atom. The van der Waals surface area contributed by atoms with Gasteiger partial charge >= 0.3 is 0 Å². The van der Waals surface area contributed by atoms with Gasteiger partial charge in [-0.15, -0.1) is 0 Å². The van der Waals surface area contributed by atoms with E-state index in [9.17, 15) is 4.79 Å². The molecule has 1 aromatic carbocycles. The van der Waals surface area contributed by atoms with E-state index in [1.54, 1.807) is 0 Å². The maximum atomic E-state index is 11.5. The lowest BCUT2D eigenvalue weighted by Crippen LogP contribution is -2.13. The van der Waals surface area contributed by atoms with Gasteiger partial charge in [-0.1, -0.05) is 0 Å². The van der Waals surface area contributed by atoms with Crippen molar-refractivity contribution in [1.82, 2.24) is 9.97 Å². The summed E-state index contributed by atoms with van der Waals surface area (Å²) in [6.07, 6.45) is 1.37. The van der Waals surface area contributed by atoms with Crippen LogP contribution in [0.25, 0.3) is 0 Å². The minimum atomic E-state index is -0.173. The number of aromatic amines is 1. The number of H-pyrrole nitrogens is 1. The summed E-state index contributed by atoms with van der Waals surface area (Å²) in [6, 6.07) is 5.61. The van der Waals surface area contributed by atoms with Gasteiger partial charge in [0.15, 0.2) is 5.82 Å². The van der Waals surface area contributed by atoms with Crippen LogP contribution in [0, 0.1) is 3.57 Å². The predicted octanol–water partition coefficient (Wildman–Crippen LogP) is 1.98. The topological polar surface area (TPSA) is 93.0 Å². The number of benzene rings is 1. The van der Waals surface area contributed by atoms with Crippen LogP contribution in [0.3, 0.4) is 0 Å². The standard InChI is InChI=1S/C13H15IN4O2/c1-2-20-10-4-3-9(5-8(10)6-15)18-12-11(14)13(19)17-7-16-12/h3-5,7H,2,6,15H2,1H3,(H2,16,17,18,19). The molecule has 20 heavy (non-hydrogen) atoms. The first-order valence-electron chi connectivity index (χ1n) is 6.11. The zero-order valence-corrected chi connectivity index (χ0v) is 13.1. The number of halogens is 1. The molecule has 0 unspecified atom stereocenters. The molecule has 1 heterocycles. The largest absolute Gasteiger partial charge is 0.494 e. The highest BCUT2D eigenvalue weighted by Crippen LogP contribution is 2.25. The highest BCUT2D eigenvalue weighted by Gasteiger charge is 2.08. The molecular weight excluding hydrogens is 371 g/mol. The van der Waals surface area contributed by atoms with E-state index in [1.165, 1.54) is 6.33 Å². The quantitative estimate of drug-likeness (QED) is 0.684. The highest BCUT2D eigenvalue weighted by molar-refractivity contribution is 14.1.